The Balaban J connectivity index is 1.63. The first kappa shape index (κ1) is 24.3. The summed E-state index contributed by atoms with van der Waals surface area (Å²) < 4.78 is 14.9. The SMILES string of the molecule is CCCCC(c1ccccc1)C1CCN(c2ccc(NC(=O)C(CC)CC)cc2F)CC1. The van der Waals surface area contributed by atoms with Crippen LogP contribution in [0.25, 0.3) is 0 Å². The third kappa shape index (κ3) is 6.11. The molecule has 1 heterocycles. The van der Waals surface area contributed by atoms with E-state index in [0.29, 0.717) is 23.2 Å². The van der Waals surface area contributed by atoms with Crippen LogP contribution in [0.4, 0.5) is 15.8 Å². The lowest BCUT2D eigenvalue weighted by Crippen LogP contribution is -2.36. The first-order valence-corrected chi connectivity index (χ1v) is 12.5. The van der Waals surface area contributed by atoms with Gasteiger partial charge in [-0.05, 0) is 67.7 Å². The zero-order valence-corrected chi connectivity index (χ0v) is 19.9. The second kappa shape index (κ2) is 12.0. The second-order valence-corrected chi connectivity index (χ2v) is 9.15. The molecule has 3 nitrogen and oxygen atoms in total. The van der Waals surface area contributed by atoms with Gasteiger partial charge in [-0.2, -0.15) is 0 Å². The normalized spacial score (nSPS) is 15.7. The molecule has 1 amide bonds. The second-order valence-electron chi connectivity index (χ2n) is 9.15. The van der Waals surface area contributed by atoms with Crippen LogP contribution >= 0.6 is 0 Å². The number of nitrogens with zero attached hydrogens (tertiary/aromatic N) is 1. The maximum atomic E-state index is 14.9. The minimum Gasteiger partial charge on any atom is -0.369 e. The van der Waals surface area contributed by atoms with Gasteiger partial charge in [-0.3, -0.25) is 4.79 Å². The summed E-state index contributed by atoms with van der Waals surface area (Å²) in [6, 6.07) is 16.0. The number of benzene rings is 2. The number of unbranched alkanes of at least 4 members (excludes halogenated alkanes) is 1. The van der Waals surface area contributed by atoms with E-state index in [1.165, 1.54) is 30.9 Å². The molecule has 1 unspecified atom stereocenters. The third-order valence-electron chi connectivity index (χ3n) is 7.12. The van der Waals surface area contributed by atoms with E-state index in [1.54, 1.807) is 0 Å². The number of carbonyl (C=O) groups is 1. The van der Waals surface area contributed by atoms with Crippen molar-refractivity contribution >= 4 is 17.3 Å². The number of amides is 1. The van der Waals surface area contributed by atoms with E-state index in [0.717, 1.165) is 38.8 Å². The topological polar surface area (TPSA) is 32.3 Å². The molecular weight excluding hydrogens is 399 g/mol. The summed E-state index contributed by atoms with van der Waals surface area (Å²) in [6.07, 6.45) is 7.43. The van der Waals surface area contributed by atoms with E-state index in [-0.39, 0.29) is 17.6 Å². The predicted octanol–water partition coefficient (Wildman–Crippen LogP) is 7.39. The van der Waals surface area contributed by atoms with E-state index < -0.39 is 0 Å². The molecule has 0 aromatic heterocycles. The lowest BCUT2D eigenvalue weighted by atomic mass is 9.77. The number of anilines is 2. The Bertz CT molecular complexity index is 842. The molecule has 1 aliphatic rings. The summed E-state index contributed by atoms with van der Waals surface area (Å²) in [5, 5.41) is 2.88. The number of carbonyl (C=O) groups excluding carboxylic acids is 1. The average Bonchev–Trinajstić information content (AvgIpc) is 2.81. The molecule has 0 saturated carbocycles. The highest BCUT2D eigenvalue weighted by Gasteiger charge is 2.28. The number of halogens is 1. The Kier molecular flexibility index (Phi) is 9.13. The van der Waals surface area contributed by atoms with Crippen molar-refractivity contribution < 1.29 is 9.18 Å². The zero-order valence-electron chi connectivity index (χ0n) is 19.9. The van der Waals surface area contributed by atoms with Gasteiger partial charge in [0, 0.05) is 24.7 Å². The fraction of sp³-hybridized carbons (Fsp3) is 0.536. The van der Waals surface area contributed by atoms with Crippen LogP contribution in [0.15, 0.2) is 48.5 Å². The maximum absolute atomic E-state index is 14.9. The van der Waals surface area contributed by atoms with Gasteiger partial charge in [0.1, 0.15) is 5.82 Å². The van der Waals surface area contributed by atoms with Gasteiger partial charge >= 0.3 is 0 Å². The predicted molar refractivity (Wildman–Crippen MR) is 133 cm³/mol. The quantitative estimate of drug-likeness (QED) is 0.419. The van der Waals surface area contributed by atoms with Crippen molar-refractivity contribution in [3.63, 3.8) is 0 Å². The minimum absolute atomic E-state index is 0.0259. The fourth-order valence-electron chi connectivity index (χ4n) is 5.09. The lowest BCUT2D eigenvalue weighted by Gasteiger charge is -2.38. The molecule has 0 spiro atoms. The van der Waals surface area contributed by atoms with Crippen molar-refractivity contribution in [2.75, 3.05) is 23.3 Å². The highest BCUT2D eigenvalue weighted by Crippen LogP contribution is 2.38. The first-order chi connectivity index (χ1) is 15.6. The van der Waals surface area contributed by atoms with E-state index in [2.05, 4.69) is 47.5 Å². The summed E-state index contributed by atoms with van der Waals surface area (Å²) in [5.74, 6) is 0.924. The average molecular weight is 439 g/mol. The zero-order chi connectivity index (χ0) is 22.9. The van der Waals surface area contributed by atoms with Crippen molar-refractivity contribution in [3.05, 3.63) is 59.9 Å². The Morgan fingerprint density at radius 2 is 1.75 bits per heavy atom. The van der Waals surface area contributed by atoms with Crippen LogP contribution in [-0.4, -0.2) is 19.0 Å². The van der Waals surface area contributed by atoms with Crippen molar-refractivity contribution in [3.8, 4) is 0 Å². The van der Waals surface area contributed by atoms with Gasteiger partial charge in [-0.25, -0.2) is 4.39 Å². The molecule has 2 aromatic carbocycles. The number of piperidine rings is 1. The van der Waals surface area contributed by atoms with Crippen molar-refractivity contribution in [2.45, 2.75) is 71.6 Å². The molecule has 4 heteroatoms. The molecule has 0 aliphatic carbocycles. The van der Waals surface area contributed by atoms with Crippen LogP contribution in [0, 0.1) is 17.7 Å². The summed E-state index contributed by atoms with van der Waals surface area (Å²) >= 11 is 0. The van der Waals surface area contributed by atoms with Gasteiger partial charge in [-0.1, -0.05) is 63.9 Å². The van der Waals surface area contributed by atoms with Crippen LogP contribution in [0.5, 0.6) is 0 Å². The van der Waals surface area contributed by atoms with E-state index in [1.807, 2.05) is 26.0 Å². The standard InChI is InChI=1S/C28H39FN2O/c1-4-7-13-25(22-11-9-8-10-12-22)23-16-18-31(19-17-23)27-15-14-24(20-26(27)29)30-28(32)21(5-2)6-3/h8-12,14-15,20-21,23,25H,4-7,13,16-19H2,1-3H3,(H,30,32). The fourth-order valence-corrected chi connectivity index (χ4v) is 5.09. The third-order valence-corrected chi connectivity index (χ3v) is 7.12. The minimum atomic E-state index is -0.253. The number of hydrogen-bond donors (Lipinski definition) is 1. The molecule has 0 radical (unpaired) electrons. The highest BCUT2D eigenvalue weighted by atomic mass is 19.1. The van der Waals surface area contributed by atoms with Crippen molar-refractivity contribution in [2.24, 2.45) is 11.8 Å². The van der Waals surface area contributed by atoms with Gasteiger partial charge in [0.2, 0.25) is 5.91 Å². The molecule has 1 aliphatic heterocycles. The summed E-state index contributed by atoms with van der Waals surface area (Å²) in [4.78, 5) is 14.5. The summed E-state index contributed by atoms with van der Waals surface area (Å²) in [7, 11) is 0. The Labute approximate surface area is 193 Å². The van der Waals surface area contributed by atoms with Gasteiger partial charge in [0.25, 0.3) is 0 Å². The molecule has 32 heavy (non-hydrogen) atoms. The van der Waals surface area contributed by atoms with E-state index in [4.69, 9.17) is 0 Å². The van der Waals surface area contributed by atoms with Crippen LogP contribution in [0.1, 0.15) is 77.2 Å². The molecular formula is C28H39FN2O. The molecule has 174 valence electrons. The monoisotopic (exact) mass is 438 g/mol. The molecule has 1 saturated heterocycles. The number of nitrogens with one attached hydrogen (secondary N) is 1. The Hall–Kier alpha value is -2.36. The molecule has 0 bridgehead atoms. The summed E-state index contributed by atoms with van der Waals surface area (Å²) in [5.41, 5.74) is 2.64. The smallest absolute Gasteiger partial charge is 0.227 e. The molecule has 3 rings (SSSR count). The maximum Gasteiger partial charge on any atom is 0.227 e. The lowest BCUT2D eigenvalue weighted by molar-refractivity contribution is -0.120. The van der Waals surface area contributed by atoms with Crippen LogP contribution in [-0.2, 0) is 4.79 Å². The van der Waals surface area contributed by atoms with E-state index >= 15 is 0 Å². The largest absolute Gasteiger partial charge is 0.369 e. The van der Waals surface area contributed by atoms with Crippen LogP contribution < -0.4 is 10.2 Å². The highest BCUT2D eigenvalue weighted by molar-refractivity contribution is 5.92. The molecule has 1 atom stereocenters. The number of hydrogen-bond acceptors (Lipinski definition) is 2. The summed E-state index contributed by atoms with van der Waals surface area (Å²) in [6.45, 7) is 8.01. The van der Waals surface area contributed by atoms with Crippen molar-refractivity contribution in [1.29, 1.82) is 0 Å². The van der Waals surface area contributed by atoms with Crippen LogP contribution in [0.3, 0.4) is 0 Å². The van der Waals surface area contributed by atoms with Crippen molar-refractivity contribution in [1.82, 2.24) is 0 Å². The Morgan fingerprint density at radius 1 is 1.06 bits per heavy atom. The van der Waals surface area contributed by atoms with Gasteiger partial charge in [0.05, 0.1) is 5.69 Å². The Morgan fingerprint density at radius 3 is 2.34 bits per heavy atom. The van der Waals surface area contributed by atoms with Gasteiger partial charge < -0.3 is 10.2 Å². The van der Waals surface area contributed by atoms with Crippen LogP contribution in [0.2, 0.25) is 0 Å². The molecule has 2 aromatic rings. The number of rotatable bonds is 10. The van der Waals surface area contributed by atoms with Gasteiger partial charge in [-0.15, -0.1) is 0 Å². The van der Waals surface area contributed by atoms with Gasteiger partial charge in [0.15, 0.2) is 0 Å². The van der Waals surface area contributed by atoms with E-state index in [9.17, 15) is 9.18 Å². The first-order valence-electron chi connectivity index (χ1n) is 12.5. The molecule has 1 N–H and O–H groups in total. The molecule has 1 fully saturated rings.